The Balaban J connectivity index is 2.44. The summed E-state index contributed by atoms with van der Waals surface area (Å²) in [4.78, 5) is 1.78. The van der Waals surface area contributed by atoms with Gasteiger partial charge in [0.15, 0.2) is 0 Å². The summed E-state index contributed by atoms with van der Waals surface area (Å²) in [6, 6.07) is 14.1. The number of hydrogen-bond donors (Lipinski definition) is 0. The van der Waals surface area contributed by atoms with E-state index in [-0.39, 0.29) is 5.82 Å². The molecule has 0 aliphatic rings. The van der Waals surface area contributed by atoms with Gasteiger partial charge in [0.25, 0.3) is 0 Å². The molecule has 0 aliphatic heterocycles. The van der Waals surface area contributed by atoms with Gasteiger partial charge in [0.1, 0.15) is 5.82 Å². The predicted molar refractivity (Wildman–Crippen MR) is 70.4 cm³/mol. The largest absolute Gasteiger partial charge is 0.342 e. The van der Waals surface area contributed by atoms with Gasteiger partial charge in [-0.15, -0.1) is 0 Å². The summed E-state index contributed by atoms with van der Waals surface area (Å²) in [6.45, 7) is 1.91. The number of anilines is 2. The van der Waals surface area contributed by atoms with E-state index in [2.05, 4.69) is 6.07 Å². The molecule has 2 rings (SSSR count). The minimum Gasteiger partial charge on any atom is -0.342 e. The van der Waals surface area contributed by atoms with Crippen molar-refractivity contribution in [3.8, 4) is 6.07 Å². The fraction of sp³-hybridized carbons (Fsp3) is 0.133. The third-order valence-electron chi connectivity index (χ3n) is 2.90. The molecule has 0 N–H and O–H groups in total. The SMILES string of the molecule is Cc1cc(C#N)ccc1N(C)c1ccccc1F. The third kappa shape index (κ3) is 2.18. The minimum atomic E-state index is -0.260. The first-order chi connectivity index (χ1) is 8.63. The molecule has 0 amide bonds. The van der Waals surface area contributed by atoms with Crippen LogP contribution in [0.4, 0.5) is 15.8 Å². The molecule has 0 spiro atoms. The lowest BCUT2D eigenvalue weighted by Gasteiger charge is -2.22. The van der Waals surface area contributed by atoms with Crippen LogP contribution in [0, 0.1) is 24.1 Å². The molecule has 18 heavy (non-hydrogen) atoms. The second-order valence-corrected chi connectivity index (χ2v) is 4.12. The molecule has 90 valence electrons. The molecule has 0 radical (unpaired) electrons. The molecule has 0 unspecified atom stereocenters. The van der Waals surface area contributed by atoms with Crippen molar-refractivity contribution in [2.45, 2.75) is 6.92 Å². The highest BCUT2D eigenvalue weighted by molar-refractivity contribution is 5.66. The highest BCUT2D eigenvalue weighted by atomic mass is 19.1. The van der Waals surface area contributed by atoms with E-state index in [9.17, 15) is 4.39 Å². The number of nitrogens with zero attached hydrogens (tertiary/aromatic N) is 2. The van der Waals surface area contributed by atoms with Crippen molar-refractivity contribution in [2.75, 3.05) is 11.9 Å². The normalized spacial score (nSPS) is 9.89. The Hall–Kier alpha value is -2.34. The molecule has 3 heteroatoms. The summed E-state index contributed by atoms with van der Waals surface area (Å²) < 4.78 is 13.7. The second-order valence-electron chi connectivity index (χ2n) is 4.12. The van der Waals surface area contributed by atoms with Gasteiger partial charge in [0, 0.05) is 12.7 Å². The quantitative estimate of drug-likeness (QED) is 0.798. The fourth-order valence-corrected chi connectivity index (χ4v) is 1.95. The topological polar surface area (TPSA) is 27.0 Å². The van der Waals surface area contributed by atoms with Crippen LogP contribution in [0.5, 0.6) is 0 Å². The molecule has 0 fully saturated rings. The molecule has 0 bridgehead atoms. The van der Waals surface area contributed by atoms with Crippen LogP contribution >= 0.6 is 0 Å². The van der Waals surface area contributed by atoms with E-state index in [1.807, 2.05) is 20.0 Å². The first-order valence-electron chi connectivity index (χ1n) is 5.62. The lowest BCUT2D eigenvalue weighted by molar-refractivity contribution is 0.627. The number of hydrogen-bond acceptors (Lipinski definition) is 2. The van der Waals surface area contributed by atoms with Gasteiger partial charge in [-0.05, 0) is 42.8 Å². The predicted octanol–water partition coefficient (Wildman–Crippen LogP) is 3.77. The van der Waals surface area contributed by atoms with Gasteiger partial charge in [0.2, 0.25) is 0 Å². The number of para-hydroxylation sites is 1. The van der Waals surface area contributed by atoms with Crippen LogP contribution in [0.3, 0.4) is 0 Å². The molecular formula is C15H13FN2. The standard InChI is InChI=1S/C15H13FN2/c1-11-9-12(10-17)7-8-14(11)18(2)15-6-4-3-5-13(15)16/h3-9H,1-2H3. The monoisotopic (exact) mass is 240 g/mol. The molecule has 0 saturated heterocycles. The van der Waals surface area contributed by atoms with Gasteiger partial charge in [-0.3, -0.25) is 0 Å². The number of rotatable bonds is 2. The molecular weight excluding hydrogens is 227 g/mol. The van der Waals surface area contributed by atoms with Crippen molar-refractivity contribution in [1.82, 2.24) is 0 Å². The average Bonchev–Trinajstić information content (AvgIpc) is 2.38. The summed E-state index contributed by atoms with van der Waals surface area (Å²) in [5, 5.41) is 8.83. The second kappa shape index (κ2) is 4.89. The smallest absolute Gasteiger partial charge is 0.146 e. The fourth-order valence-electron chi connectivity index (χ4n) is 1.95. The van der Waals surface area contributed by atoms with Gasteiger partial charge in [0.05, 0.1) is 17.3 Å². The summed E-state index contributed by atoms with van der Waals surface area (Å²) in [5.74, 6) is -0.260. The van der Waals surface area contributed by atoms with E-state index in [0.29, 0.717) is 11.3 Å². The van der Waals surface area contributed by atoms with Gasteiger partial charge in [-0.2, -0.15) is 5.26 Å². The van der Waals surface area contributed by atoms with E-state index >= 15 is 0 Å². The Morgan fingerprint density at radius 2 is 1.83 bits per heavy atom. The van der Waals surface area contributed by atoms with Gasteiger partial charge in [-0.1, -0.05) is 12.1 Å². The van der Waals surface area contributed by atoms with Gasteiger partial charge < -0.3 is 4.90 Å². The summed E-state index contributed by atoms with van der Waals surface area (Å²) in [7, 11) is 1.81. The average molecular weight is 240 g/mol. The molecule has 2 aromatic carbocycles. The zero-order valence-electron chi connectivity index (χ0n) is 10.3. The molecule has 0 aromatic heterocycles. The van der Waals surface area contributed by atoms with Crippen LogP contribution in [0.15, 0.2) is 42.5 Å². The Morgan fingerprint density at radius 1 is 1.11 bits per heavy atom. The summed E-state index contributed by atoms with van der Waals surface area (Å²) in [6.07, 6.45) is 0. The van der Waals surface area contributed by atoms with E-state index < -0.39 is 0 Å². The van der Waals surface area contributed by atoms with E-state index in [4.69, 9.17) is 5.26 Å². The van der Waals surface area contributed by atoms with Crippen LogP contribution in [0.1, 0.15) is 11.1 Å². The molecule has 0 heterocycles. The first-order valence-corrected chi connectivity index (χ1v) is 5.62. The van der Waals surface area contributed by atoms with Crippen molar-refractivity contribution in [1.29, 1.82) is 5.26 Å². The lowest BCUT2D eigenvalue weighted by Crippen LogP contribution is -2.12. The molecule has 0 aliphatic carbocycles. The van der Waals surface area contributed by atoms with E-state index in [0.717, 1.165) is 11.3 Å². The Labute approximate surface area is 106 Å². The maximum Gasteiger partial charge on any atom is 0.146 e. The van der Waals surface area contributed by atoms with Crippen molar-refractivity contribution in [3.63, 3.8) is 0 Å². The van der Waals surface area contributed by atoms with Crippen LogP contribution < -0.4 is 4.90 Å². The van der Waals surface area contributed by atoms with Crippen molar-refractivity contribution >= 4 is 11.4 Å². The number of benzene rings is 2. The van der Waals surface area contributed by atoms with Crippen LogP contribution in [-0.2, 0) is 0 Å². The maximum absolute atomic E-state index is 13.7. The molecule has 2 aromatic rings. The molecule has 0 saturated carbocycles. The zero-order valence-corrected chi connectivity index (χ0v) is 10.3. The van der Waals surface area contributed by atoms with Crippen LogP contribution in [0.25, 0.3) is 0 Å². The van der Waals surface area contributed by atoms with Crippen molar-refractivity contribution < 1.29 is 4.39 Å². The summed E-state index contributed by atoms with van der Waals surface area (Å²) in [5.41, 5.74) is 2.96. The minimum absolute atomic E-state index is 0.260. The van der Waals surface area contributed by atoms with Gasteiger partial charge in [-0.25, -0.2) is 4.39 Å². The zero-order chi connectivity index (χ0) is 13.1. The first kappa shape index (κ1) is 12.1. The van der Waals surface area contributed by atoms with Crippen molar-refractivity contribution in [3.05, 3.63) is 59.4 Å². The Kier molecular flexibility index (Phi) is 3.29. The highest BCUT2D eigenvalue weighted by Crippen LogP contribution is 2.28. The van der Waals surface area contributed by atoms with Crippen LogP contribution in [0.2, 0.25) is 0 Å². The van der Waals surface area contributed by atoms with Crippen LogP contribution in [-0.4, -0.2) is 7.05 Å². The van der Waals surface area contributed by atoms with Crippen molar-refractivity contribution in [2.24, 2.45) is 0 Å². The maximum atomic E-state index is 13.7. The molecule has 2 nitrogen and oxygen atoms in total. The van der Waals surface area contributed by atoms with E-state index in [1.54, 1.807) is 35.2 Å². The Bertz CT molecular complexity index is 614. The number of nitriles is 1. The number of aryl methyl sites for hydroxylation is 1. The van der Waals surface area contributed by atoms with Gasteiger partial charge >= 0.3 is 0 Å². The van der Waals surface area contributed by atoms with E-state index in [1.165, 1.54) is 6.07 Å². The number of halogens is 1. The highest BCUT2D eigenvalue weighted by Gasteiger charge is 2.10. The molecule has 0 atom stereocenters. The third-order valence-corrected chi connectivity index (χ3v) is 2.90. The summed E-state index contributed by atoms with van der Waals surface area (Å²) >= 11 is 0. The Morgan fingerprint density at radius 3 is 2.44 bits per heavy atom. The lowest BCUT2D eigenvalue weighted by atomic mass is 10.1.